The van der Waals surface area contributed by atoms with Crippen molar-refractivity contribution < 1.29 is 9.18 Å². The molecule has 0 aliphatic rings. The maximum absolute atomic E-state index is 12.9. The van der Waals surface area contributed by atoms with Gasteiger partial charge in [-0.15, -0.1) is 0 Å². The lowest BCUT2D eigenvalue weighted by Crippen LogP contribution is -2.34. The van der Waals surface area contributed by atoms with Crippen LogP contribution in [0.2, 0.25) is 0 Å². The van der Waals surface area contributed by atoms with Crippen molar-refractivity contribution in [3.8, 4) is 0 Å². The van der Waals surface area contributed by atoms with Crippen LogP contribution in [-0.2, 0) is 17.9 Å². The van der Waals surface area contributed by atoms with E-state index in [0.717, 1.165) is 16.6 Å². The predicted molar refractivity (Wildman–Crippen MR) is 89.8 cm³/mol. The Morgan fingerprint density at radius 1 is 1.25 bits per heavy atom. The molecule has 1 amide bonds. The number of hydrogen-bond acceptors (Lipinski definition) is 3. The fraction of sp³-hybridized carbons (Fsp3) is 0.222. The van der Waals surface area contributed by atoms with Crippen LogP contribution in [0.3, 0.4) is 0 Å². The summed E-state index contributed by atoms with van der Waals surface area (Å²) in [6.07, 6.45) is 3.61. The van der Waals surface area contributed by atoms with Crippen molar-refractivity contribution in [1.29, 1.82) is 0 Å². The summed E-state index contributed by atoms with van der Waals surface area (Å²) in [7, 11) is 1.86. The Morgan fingerprint density at radius 2 is 2.04 bits per heavy atom. The van der Waals surface area contributed by atoms with Crippen molar-refractivity contribution in [2.24, 2.45) is 0 Å². The second-order valence-electron chi connectivity index (χ2n) is 5.77. The first-order chi connectivity index (χ1) is 11.6. The van der Waals surface area contributed by atoms with E-state index in [2.05, 4.69) is 10.4 Å². The van der Waals surface area contributed by atoms with E-state index in [9.17, 15) is 9.18 Å². The van der Waals surface area contributed by atoms with Gasteiger partial charge in [-0.2, -0.15) is 5.10 Å². The van der Waals surface area contributed by atoms with Gasteiger partial charge in [0.15, 0.2) is 0 Å². The van der Waals surface area contributed by atoms with E-state index in [4.69, 9.17) is 0 Å². The topological polar surface area (TPSA) is 49.6 Å². The average Bonchev–Trinajstić information content (AvgIpc) is 3.04. The number of rotatable bonds is 6. The molecule has 1 N–H and O–H groups in total. The molecule has 0 aliphatic carbocycles. The highest BCUT2D eigenvalue weighted by molar-refractivity contribution is 5.78. The molecule has 24 heavy (non-hydrogen) atoms. The summed E-state index contributed by atoms with van der Waals surface area (Å²) in [4.78, 5) is 14.0. The molecule has 0 radical (unpaired) electrons. The molecule has 0 saturated heterocycles. The first-order valence-corrected chi connectivity index (χ1v) is 7.73. The quantitative estimate of drug-likeness (QED) is 0.756. The van der Waals surface area contributed by atoms with Crippen LogP contribution in [0, 0.1) is 5.82 Å². The smallest absolute Gasteiger partial charge is 0.234 e. The number of likely N-dealkylation sites (N-methyl/N-ethyl adjacent to an activating group) is 1. The number of pyridine rings is 1. The minimum Gasteiger partial charge on any atom is -0.351 e. The summed E-state index contributed by atoms with van der Waals surface area (Å²) in [6, 6.07) is 12.1. The van der Waals surface area contributed by atoms with Gasteiger partial charge in [0.1, 0.15) is 5.82 Å². The molecule has 3 aromatic rings. The molecular formula is C18H19FN4O. The SMILES string of the molecule is CN(CC(=O)NCc1cccn2nccc12)Cc1ccc(F)cc1. The Hall–Kier alpha value is -2.73. The van der Waals surface area contributed by atoms with Crippen LogP contribution in [-0.4, -0.2) is 34.0 Å². The molecule has 2 aromatic heterocycles. The summed E-state index contributed by atoms with van der Waals surface area (Å²) in [6.45, 7) is 1.32. The predicted octanol–water partition coefficient (Wildman–Crippen LogP) is 2.22. The van der Waals surface area contributed by atoms with Crippen molar-refractivity contribution in [3.05, 3.63) is 71.8 Å². The van der Waals surface area contributed by atoms with Crippen molar-refractivity contribution in [2.75, 3.05) is 13.6 Å². The van der Waals surface area contributed by atoms with Gasteiger partial charge in [0.05, 0.1) is 12.1 Å². The zero-order chi connectivity index (χ0) is 16.9. The summed E-state index contributed by atoms with van der Waals surface area (Å²) in [5, 5.41) is 7.10. The van der Waals surface area contributed by atoms with E-state index in [-0.39, 0.29) is 18.3 Å². The number of amides is 1. The number of nitrogens with one attached hydrogen (secondary N) is 1. The molecular weight excluding hydrogens is 307 g/mol. The van der Waals surface area contributed by atoms with Crippen LogP contribution >= 0.6 is 0 Å². The monoisotopic (exact) mass is 326 g/mol. The lowest BCUT2D eigenvalue weighted by atomic mass is 10.2. The van der Waals surface area contributed by atoms with Crippen LogP contribution in [0.15, 0.2) is 54.9 Å². The number of benzene rings is 1. The highest BCUT2D eigenvalue weighted by Gasteiger charge is 2.08. The third kappa shape index (κ3) is 3.97. The number of carbonyl (C=O) groups excluding carboxylic acids is 1. The van der Waals surface area contributed by atoms with Gasteiger partial charge in [-0.25, -0.2) is 8.91 Å². The summed E-state index contributed by atoms with van der Waals surface area (Å²) in [5.74, 6) is -0.311. The molecule has 0 unspecified atom stereocenters. The molecule has 3 rings (SSSR count). The standard InChI is InChI=1S/C18H19FN4O/c1-22(12-14-4-6-16(19)7-5-14)13-18(24)20-11-15-3-2-10-23-17(15)8-9-21-23/h2-10H,11-13H2,1H3,(H,20,24). The largest absolute Gasteiger partial charge is 0.351 e. The maximum Gasteiger partial charge on any atom is 0.234 e. The van der Waals surface area contributed by atoms with E-state index in [1.54, 1.807) is 22.8 Å². The van der Waals surface area contributed by atoms with Gasteiger partial charge < -0.3 is 5.32 Å². The highest BCUT2D eigenvalue weighted by atomic mass is 19.1. The Balaban J connectivity index is 1.52. The van der Waals surface area contributed by atoms with E-state index in [1.165, 1.54) is 12.1 Å². The van der Waals surface area contributed by atoms with E-state index < -0.39 is 0 Å². The van der Waals surface area contributed by atoms with Gasteiger partial charge in [0, 0.05) is 25.5 Å². The van der Waals surface area contributed by atoms with E-state index >= 15 is 0 Å². The zero-order valence-corrected chi connectivity index (χ0v) is 13.4. The molecule has 1 aromatic carbocycles. The maximum atomic E-state index is 12.9. The van der Waals surface area contributed by atoms with Crippen LogP contribution in [0.4, 0.5) is 4.39 Å². The molecule has 0 atom stereocenters. The molecule has 124 valence electrons. The number of hydrogen-bond donors (Lipinski definition) is 1. The third-order valence-electron chi connectivity index (χ3n) is 3.78. The fourth-order valence-electron chi connectivity index (χ4n) is 2.62. The van der Waals surface area contributed by atoms with Gasteiger partial charge in [-0.1, -0.05) is 18.2 Å². The molecule has 5 nitrogen and oxygen atoms in total. The van der Waals surface area contributed by atoms with Crippen LogP contribution in [0.1, 0.15) is 11.1 Å². The fourth-order valence-corrected chi connectivity index (χ4v) is 2.62. The molecule has 0 spiro atoms. The summed E-state index contributed by atoms with van der Waals surface area (Å²) in [5.41, 5.74) is 2.97. The second kappa shape index (κ2) is 7.23. The number of halogens is 1. The second-order valence-corrected chi connectivity index (χ2v) is 5.77. The highest BCUT2D eigenvalue weighted by Crippen LogP contribution is 2.09. The van der Waals surface area contributed by atoms with E-state index in [1.807, 2.05) is 36.3 Å². The van der Waals surface area contributed by atoms with Crippen molar-refractivity contribution in [3.63, 3.8) is 0 Å². The van der Waals surface area contributed by atoms with Crippen LogP contribution in [0.25, 0.3) is 5.52 Å². The Kier molecular flexibility index (Phi) is 4.86. The third-order valence-corrected chi connectivity index (χ3v) is 3.78. The lowest BCUT2D eigenvalue weighted by molar-refractivity contribution is -0.122. The lowest BCUT2D eigenvalue weighted by Gasteiger charge is -2.16. The van der Waals surface area contributed by atoms with Crippen molar-refractivity contribution >= 4 is 11.4 Å². The first-order valence-electron chi connectivity index (χ1n) is 7.73. The Labute approximate surface area is 139 Å². The summed E-state index contributed by atoms with van der Waals surface area (Å²) >= 11 is 0. The Morgan fingerprint density at radius 3 is 2.83 bits per heavy atom. The van der Waals surface area contributed by atoms with E-state index in [0.29, 0.717) is 13.1 Å². The first kappa shape index (κ1) is 16.1. The van der Waals surface area contributed by atoms with Gasteiger partial charge in [-0.05, 0) is 42.4 Å². The number of nitrogens with zero attached hydrogens (tertiary/aromatic N) is 3. The average molecular weight is 326 g/mol. The zero-order valence-electron chi connectivity index (χ0n) is 13.4. The Bertz CT molecular complexity index is 828. The van der Waals surface area contributed by atoms with Crippen LogP contribution in [0.5, 0.6) is 0 Å². The number of fused-ring (bicyclic) bond motifs is 1. The molecule has 0 bridgehead atoms. The molecule has 0 aliphatic heterocycles. The molecule has 0 fully saturated rings. The van der Waals surface area contributed by atoms with Gasteiger partial charge >= 0.3 is 0 Å². The minimum absolute atomic E-state index is 0.0545. The van der Waals surface area contributed by atoms with Gasteiger partial charge in [0.25, 0.3) is 0 Å². The molecule has 0 saturated carbocycles. The number of aromatic nitrogens is 2. The van der Waals surface area contributed by atoms with Crippen molar-refractivity contribution in [1.82, 2.24) is 19.8 Å². The van der Waals surface area contributed by atoms with Crippen LogP contribution < -0.4 is 5.32 Å². The summed E-state index contributed by atoms with van der Waals surface area (Å²) < 4.78 is 14.7. The van der Waals surface area contributed by atoms with Crippen molar-refractivity contribution in [2.45, 2.75) is 13.1 Å². The minimum atomic E-state index is -0.256. The number of carbonyl (C=O) groups is 1. The normalized spacial score (nSPS) is 11.1. The molecule has 6 heteroatoms. The van der Waals surface area contributed by atoms with Gasteiger partial charge in [-0.3, -0.25) is 9.69 Å². The van der Waals surface area contributed by atoms with Gasteiger partial charge in [0.2, 0.25) is 5.91 Å². The molecule has 2 heterocycles.